The van der Waals surface area contributed by atoms with E-state index < -0.39 is 0 Å². The number of nitrogens with zero attached hydrogens (tertiary/aromatic N) is 1. The summed E-state index contributed by atoms with van der Waals surface area (Å²) < 4.78 is 5.19. The number of hydrogen-bond acceptors (Lipinski definition) is 3. The van der Waals surface area contributed by atoms with Gasteiger partial charge in [0.25, 0.3) is 0 Å². The Morgan fingerprint density at radius 2 is 1.82 bits per heavy atom. The van der Waals surface area contributed by atoms with Crippen LogP contribution in [0.3, 0.4) is 0 Å². The van der Waals surface area contributed by atoms with Gasteiger partial charge in [-0.2, -0.15) is 0 Å². The highest BCUT2D eigenvalue weighted by atomic mass is 35.5. The summed E-state index contributed by atoms with van der Waals surface area (Å²) in [5.41, 5.74) is 2.00. The summed E-state index contributed by atoms with van der Waals surface area (Å²) in [6.07, 6.45) is 3.13. The minimum atomic E-state index is -0.351. The second-order valence-corrected chi connectivity index (χ2v) is 5.25. The number of likely N-dealkylation sites (N-methyl/N-ethyl adjacent to an activating group) is 1. The molecular weight excluding hydrogens is 298 g/mol. The third-order valence-electron chi connectivity index (χ3n) is 3.15. The van der Waals surface area contributed by atoms with Gasteiger partial charge in [-0.15, -0.1) is 0 Å². The molecule has 0 fully saturated rings. The zero-order valence-electron chi connectivity index (χ0n) is 12.4. The molecule has 0 radical (unpaired) electrons. The predicted molar refractivity (Wildman–Crippen MR) is 91.2 cm³/mol. The Morgan fingerprint density at radius 1 is 1.14 bits per heavy atom. The van der Waals surface area contributed by atoms with E-state index in [0.29, 0.717) is 18.2 Å². The Morgan fingerprint density at radius 3 is 2.50 bits per heavy atom. The van der Waals surface area contributed by atoms with Crippen molar-refractivity contribution < 1.29 is 9.53 Å². The topological polar surface area (TPSA) is 29.5 Å². The fraction of sp³-hybridized carbons (Fsp3) is 0.167. The molecule has 0 saturated heterocycles. The Hall–Kier alpha value is -2.26. The van der Waals surface area contributed by atoms with Crippen molar-refractivity contribution in [2.45, 2.75) is 0 Å². The molecule has 3 nitrogen and oxygen atoms in total. The highest BCUT2D eigenvalue weighted by molar-refractivity contribution is 6.30. The number of anilines is 1. The Bertz CT molecular complexity index is 623. The molecule has 0 atom stereocenters. The molecule has 0 bridgehead atoms. The van der Waals surface area contributed by atoms with Gasteiger partial charge in [-0.25, -0.2) is 4.79 Å². The van der Waals surface area contributed by atoms with Gasteiger partial charge in [0, 0.05) is 23.8 Å². The van der Waals surface area contributed by atoms with Crippen molar-refractivity contribution in [2.75, 3.05) is 25.1 Å². The lowest BCUT2D eigenvalue weighted by molar-refractivity contribution is -0.137. The first-order valence-corrected chi connectivity index (χ1v) is 7.39. The summed E-state index contributed by atoms with van der Waals surface area (Å²) >= 11 is 5.80. The molecule has 4 heteroatoms. The maximum Gasteiger partial charge on any atom is 0.330 e. The van der Waals surface area contributed by atoms with Crippen LogP contribution in [-0.4, -0.2) is 26.2 Å². The van der Waals surface area contributed by atoms with E-state index in [-0.39, 0.29) is 5.97 Å². The summed E-state index contributed by atoms with van der Waals surface area (Å²) in [4.78, 5) is 13.7. The van der Waals surface area contributed by atoms with Crippen LogP contribution in [0.25, 0.3) is 6.08 Å². The average molecular weight is 316 g/mol. The molecule has 2 aromatic rings. The summed E-state index contributed by atoms with van der Waals surface area (Å²) in [6, 6.07) is 17.2. The SMILES string of the molecule is CN(CCOC(=O)/C=C/c1ccc(Cl)cc1)c1ccccc1. The molecule has 0 unspecified atom stereocenters. The number of hydrogen-bond donors (Lipinski definition) is 0. The molecule has 0 saturated carbocycles. The first-order chi connectivity index (χ1) is 10.6. The molecule has 0 amide bonds. The van der Waals surface area contributed by atoms with Gasteiger partial charge in [-0.1, -0.05) is 41.9 Å². The first-order valence-electron chi connectivity index (χ1n) is 7.02. The third-order valence-corrected chi connectivity index (χ3v) is 3.40. The number of ether oxygens (including phenoxy) is 1. The van der Waals surface area contributed by atoms with E-state index in [2.05, 4.69) is 0 Å². The van der Waals surface area contributed by atoms with Gasteiger partial charge in [0.2, 0.25) is 0 Å². The number of carbonyl (C=O) groups is 1. The highest BCUT2D eigenvalue weighted by Crippen LogP contribution is 2.11. The van der Waals surface area contributed by atoms with Crippen LogP contribution in [0.5, 0.6) is 0 Å². The second kappa shape index (κ2) is 8.25. The van der Waals surface area contributed by atoms with Crippen LogP contribution in [0.4, 0.5) is 5.69 Å². The van der Waals surface area contributed by atoms with Crippen LogP contribution in [0.2, 0.25) is 5.02 Å². The largest absolute Gasteiger partial charge is 0.461 e. The standard InChI is InChI=1S/C18H18ClNO2/c1-20(17-5-3-2-4-6-17)13-14-22-18(21)12-9-15-7-10-16(19)11-8-15/h2-12H,13-14H2,1H3/b12-9+. The minimum absolute atomic E-state index is 0.342. The van der Waals surface area contributed by atoms with E-state index in [9.17, 15) is 4.79 Å². The second-order valence-electron chi connectivity index (χ2n) is 4.81. The number of esters is 1. The summed E-state index contributed by atoms with van der Waals surface area (Å²) in [7, 11) is 1.96. The van der Waals surface area contributed by atoms with Gasteiger partial charge in [-0.05, 0) is 35.9 Å². The Balaban J connectivity index is 1.75. The number of para-hydroxylation sites is 1. The number of benzene rings is 2. The van der Waals surface area contributed by atoms with E-state index in [1.165, 1.54) is 6.08 Å². The molecule has 2 rings (SSSR count). The van der Waals surface area contributed by atoms with Crippen molar-refractivity contribution in [1.82, 2.24) is 0 Å². The van der Waals surface area contributed by atoms with Gasteiger partial charge < -0.3 is 9.64 Å². The first kappa shape index (κ1) is 16.1. The van der Waals surface area contributed by atoms with Crippen molar-refractivity contribution in [3.05, 3.63) is 71.3 Å². The smallest absolute Gasteiger partial charge is 0.330 e. The van der Waals surface area contributed by atoms with Crippen LogP contribution >= 0.6 is 11.6 Å². The normalized spacial score (nSPS) is 10.6. The number of halogens is 1. The molecule has 0 aliphatic rings. The lowest BCUT2D eigenvalue weighted by Crippen LogP contribution is -2.23. The monoisotopic (exact) mass is 315 g/mol. The van der Waals surface area contributed by atoms with Gasteiger partial charge in [0.1, 0.15) is 6.61 Å². The lowest BCUT2D eigenvalue weighted by atomic mass is 10.2. The van der Waals surface area contributed by atoms with E-state index in [4.69, 9.17) is 16.3 Å². The molecule has 0 aromatic heterocycles. The molecule has 2 aromatic carbocycles. The quantitative estimate of drug-likeness (QED) is 0.595. The van der Waals surface area contributed by atoms with E-state index in [0.717, 1.165) is 11.3 Å². The lowest BCUT2D eigenvalue weighted by Gasteiger charge is -2.18. The molecule has 0 heterocycles. The van der Waals surface area contributed by atoms with Gasteiger partial charge in [0.05, 0.1) is 6.54 Å². The highest BCUT2D eigenvalue weighted by Gasteiger charge is 2.02. The molecule has 0 aliphatic heterocycles. The third kappa shape index (κ3) is 5.26. The molecule has 114 valence electrons. The zero-order valence-corrected chi connectivity index (χ0v) is 13.2. The van der Waals surface area contributed by atoms with Crippen LogP contribution in [0.15, 0.2) is 60.7 Å². The maximum absolute atomic E-state index is 11.6. The maximum atomic E-state index is 11.6. The molecular formula is C18H18ClNO2. The van der Waals surface area contributed by atoms with Gasteiger partial charge >= 0.3 is 5.97 Å². The zero-order chi connectivity index (χ0) is 15.8. The van der Waals surface area contributed by atoms with Gasteiger partial charge in [-0.3, -0.25) is 0 Å². The Labute approximate surface area is 135 Å². The van der Waals surface area contributed by atoms with Crippen LogP contribution < -0.4 is 4.90 Å². The number of carbonyl (C=O) groups excluding carboxylic acids is 1. The van der Waals surface area contributed by atoms with Crippen LogP contribution in [0.1, 0.15) is 5.56 Å². The summed E-state index contributed by atoms with van der Waals surface area (Å²) in [6.45, 7) is 0.986. The van der Waals surface area contributed by atoms with Gasteiger partial charge in [0.15, 0.2) is 0 Å². The van der Waals surface area contributed by atoms with E-state index >= 15 is 0 Å². The molecule has 0 aliphatic carbocycles. The summed E-state index contributed by atoms with van der Waals surface area (Å²) in [5, 5.41) is 0.670. The predicted octanol–water partition coefficient (Wildman–Crippen LogP) is 4.03. The molecule has 0 N–H and O–H groups in total. The van der Waals surface area contributed by atoms with Crippen molar-refractivity contribution >= 4 is 29.3 Å². The average Bonchev–Trinajstić information content (AvgIpc) is 2.55. The van der Waals surface area contributed by atoms with E-state index in [1.54, 1.807) is 18.2 Å². The van der Waals surface area contributed by atoms with Crippen molar-refractivity contribution in [3.8, 4) is 0 Å². The van der Waals surface area contributed by atoms with Crippen LogP contribution in [-0.2, 0) is 9.53 Å². The molecule has 0 spiro atoms. The van der Waals surface area contributed by atoms with Crippen molar-refractivity contribution in [3.63, 3.8) is 0 Å². The number of rotatable bonds is 6. The van der Waals surface area contributed by atoms with Crippen LogP contribution in [0, 0.1) is 0 Å². The molecule has 22 heavy (non-hydrogen) atoms. The summed E-state index contributed by atoms with van der Waals surface area (Å²) in [5.74, 6) is -0.351. The van der Waals surface area contributed by atoms with E-state index in [1.807, 2.05) is 54.4 Å². The van der Waals surface area contributed by atoms with Crippen molar-refractivity contribution in [1.29, 1.82) is 0 Å². The Kier molecular flexibility index (Phi) is 6.04. The minimum Gasteiger partial charge on any atom is -0.461 e. The van der Waals surface area contributed by atoms with Crippen molar-refractivity contribution in [2.24, 2.45) is 0 Å². The fourth-order valence-corrected chi connectivity index (χ4v) is 2.01. The fourth-order valence-electron chi connectivity index (χ4n) is 1.88.